The zero-order valence-corrected chi connectivity index (χ0v) is 21.0. The van der Waals surface area contributed by atoms with Crippen molar-refractivity contribution >= 4 is 43.6 Å². The molecule has 8 aromatic rings. The molecule has 0 aliphatic heterocycles. The molecule has 2 aromatic heterocycles. The van der Waals surface area contributed by atoms with E-state index in [1.807, 2.05) is 30.3 Å². The van der Waals surface area contributed by atoms with Gasteiger partial charge in [-0.2, -0.15) is 0 Å². The van der Waals surface area contributed by atoms with Gasteiger partial charge in [0.2, 0.25) is 0 Å². The molecule has 0 atom stereocenters. The molecule has 0 aliphatic rings. The highest BCUT2D eigenvalue weighted by Crippen LogP contribution is 2.37. The Bertz CT molecular complexity index is 2180. The first-order valence-electron chi connectivity index (χ1n) is 13.1. The van der Waals surface area contributed by atoms with E-state index in [9.17, 15) is 0 Å². The smallest absolute Gasteiger partial charge is 0.160 e. The lowest BCUT2D eigenvalue weighted by Gasteiger charge is -2.10. The molecule has 0 saturated carbocycles. The third kappa shape index (κ3) is 3.59. The molecule has 0 bridgehead atoms. The predicted octanol–water partition coefficient (Wildman–Crippen LogP) is 9.68. The van der Waals surface area contributed by atoms with Gasteiger partial charge in [-0.25, -0.2) is 9.97 Å². The van der Waals surface area contributed by atoms with E-state index in [1.54, 1.807) is 0 Å². The monoisotopic (exact) mass is 498 g/mol. The summed E-state index contributed by atoms with van der Waals surface area (Å²) in [7, 11) is 0. The SMILES string of the molecule is c1ccc(-c2nc(-c3cccc(-c4ccc5c(c4)oc4ccc6ccccc6c45)c3)nc3ccccc23)cc1. The van der Waals surface area contributed by atoms with E-state index in [0.717, 1.165) is 55.4 Å². The zero-order valence-electron chi connectivity index (χ0n) is 21.0. The summed E-state index contributed by atoms with van der Waals surface area (Å²) in [6.45, 7) is 0. The van der Waals surface area contributed by atoms with Crippen molar-refractivity contribution in [2.24, 2.45) is 0 Å². The summed E-state index contributed by atoms with van der Waals surface area (Å²) < 4.78 is 6.33. The van der Waals surface area contributed by atoms with Crippen LogP contribution in [0.4, 0.5) is 0 Å². The number of hydrogen-bond donors (Lipinski definition) is 0. The molecule has 0 unspecified atom stereocenters. The molecule has 2 heterocycles. The van der Waals surface area contributed by atoms with Gasteiger partial charge >= 0.3 is 0 Å². The second kappa shape index (κ2) is 8.64. The molecule has 0 aliphatic carbocycles. The Balaban J connectivity index is 1.27. The first kappa shape index (κ1) is 21.8. The van der Waals surface area contributed by atoms with Crippen molar-refractivity contribution in [2.45, 2.75) is 0 Å². The highest BCUT2D eigenvalue weighted by Gasteiger charge is 2.14. The molecule has 0 saturated heterocycles. The molecular weight excluding hydrogens is 476 g/mol. The van der Waals surface area contributed by atoms with Gasteiger partial charge in [-0.1, -0.05) is 103 Å². The van der Waals surface area contributed by atoms with E-state index < -0.39 is 0 Å². The van der Waals surface area contributed by atoms with Crippen molar-refractivity contribution in [3.05, 3.63) is 133 Å². The largest absolute Gasteiger partial charge is 0.456 e. The summed E-state index contributed by atoms with van der Waals surface area (Å²) in [5.74, 6) is 0.714. The fraction of sp³-hybridized carbons (Fsp3) is 0. The summed E-state index contributed by atoms with van der Waals surface area (Å²) in [5, 5.41) is 5.78. The Hall–Kier alpha value is -5.28. The van der Waals surface area contributed by atoms with Crippen LogP contribution in [0.1, 0.15) is 0 Å². The number of rotatable bonds is 3. The molecular formula is C36H22N2O. The summed E-state index contributed by atoms with van der Waals surface area (Å²) in [6.07, 6.45) is 0. The normalized spacial score (nSPS) is 11.6. The fourth-order valence-electron chi connectivity index (χ4n) is 5.59. The van der Waals surface area contributed by atoms with Crippen molar-refractivity contribution in [3.63, 3.8) is 0 Å². The number of aromatic nitrogens is 2. The van der Waals surface area contributed by atoms with Crippen LogP contribution in [-0.2, 0) is 0 Å². The number of benzene rings is 6. The van der Waals surface area contributed by atoms with Gasteiger partial charge in [0.05, 0.1) is 11.2 Å². The predicted molar refractivity (Wildman–Crippen MR) is 161 cm³/mol. The Morgan fingerprint density at radius 3 is 2.10 bits per heavy atom. The molecule has 0 amide bonds. The van der Waals surface area contributed by atoms with Crippen molar-refractivity contribution in [2.75, 3.05) is 0 Å². The van der Waals surface area contributed by atoms with Gasteiger partial charge in [-0.05, 0) is 52.2 Å². The Kier molecular flexibility index (Phi) is 4.82. The van der Waals surface area contributed by atoms with E-state index in [-0.39, 0.29) is 0 Å². The number of nitrogens with zero attached hydrogens (tertiary/aromatic N) is 2. The van der Waals surface area contributed by atoms with Crippen LogP contribution in [-0.4, -0.2) is 9.97 Å². The minimum Gasteiger partial charge on any atom is -0.456 e. The van der Waals surface area contributed by atoms with Crippen LogP contribution in [0.15, 0.2) is 138 Å². The Morgan fingerprint density at radius 2 is 1.18 bits per heavy atom. The molecule has 0 fully saturated rings. The Morgan fingerprint density at radius 1 is 0.436 bits per heavy atom. The lowest BCUT2D eigenvalue weighted by Crippen LogP contribution is -1.95. The van der Waals surface area contributed by atoms with Gasteiger partial charge in [0, 0.05) is 27.3 Å². The summed E-state index contributed by atoms with van der Waals surface area (Å²) in [4.78, 5) is 10.00. The van der Waals surface area contributed by atoms with Crippen molar-refractivity contribution in [1.82, 2.24) is 9.97 Å². The molecule has 0 N–H and O–H groups in total. The van der Waals surface area contributed by atoms with Gasteiger partial charge in [0.1, 0.15) is 11.2 Å². The summed E-state index contributed by atoms with van der Waals surface area (Å²) in [6, 6.07) is 46.1. The second-order valence-corrected chi connectivity index (χ2v) is 9.83. The lowest BCUT2D eigenvalue weighted by molar-refractivity contribution is 0.669. The third-order valence-corrected chi connectivity index (χ3v) is 7.47. The molecule has 39 heavy (non-hydrogen) atoms. The topological polar surface area (TPSA) is 38.9 Å². The van der Waals surface area contributed by atoms with Gasteiger partial charge in [0.15, 0.2) is 5.82 Å². The number of fused-ring (bicyclic) bond motifs is 6. The van der Waals surface area contributed by atoms with E-state index in [0.29, 0.717) is 5.82 Å². The molecule has 8 rings (SSSR count). The van der Waals surface area contributed by atoms with Gasteiger partial charge in [-0.15, -0.1) is 0 Å². The van der Waals surface area contributed by atoms with Crippen LogP contribution >= 0.6 is 0 Å². The van der Waals surface area contributed by atoms with Crippen LogP contribution in [0.3, 0.4) is 0 Å². The van der Waals surface area contributed by atoms with Crippen molar-refractivity contribution in [3.8, 4) is 33.8 Å². The maximum atomic E-state index is 6.33. The molecule has 182 valence electrons. The van der Waals surface area contributed by atoms with Crippen LogP contribution in [0.5, 0.6) is 0 Å². The highest BCUT2D eigenvalue weighted by atomic mass is 16.3. The van der Waals surface area contributed by atoms with Crippen LogP contribution in [0.25, 0.3) is 77.4 Å². The van der Waals surface area contributed by atoms with E-state index in [4.69, 9.17) is 14.4 Å². The van der Waals surface area contributed by atoms with Gasteiger partial charge in [-0.3, -0.25) is 0 Å². The quantitative estimate of drug-likeness (QED) is 0.243. The minimum atomic E-state index is 0.714. The van der Waals surface area contributed by atoms with E-state index in [2.05, 4.69) is 103 Å². The second-order valence-electron chi connectivity index (χ2n) is 9.83. The first-order chi connectivity index (χ1) is 19.3. The highest BCUT2D eigenvalue weighted by molar-refractivity contribution is 6.19. The zero-order chi connectivity index (χ0) is 25.8. The van der Waals surface area contributed by atoms with Crippen molar-refractivity contribution in [1.29, 1.82) is 0 Å². The lowest BCUT2D eigenvalue weighted by atomic mass is 9.99. The first-order valence-corrected chi connectivity index (χ1v) is 13.1. The van der Waals surface area contributed by atoms with Crippen LogP contribution < -0.4 is 0 Å². The maximum absolute atomic E-state index is 6.33. The molecule has 3 nitrogen and oxygen atoms in total. The standard InChI is InChI=1S/C36H22N2O/c1-2-10-24(11-3-1)35-29-15-6-7-16-31(29)37-36(38-35)27-13-8-12-25(21-27)26-17-19-30-33(22-26)39-32-20-18-23-9-4-5-14-28(23)34(30)32/h1-22H. The van der Waals surface area contributed by atoms with Gasteiger partial charge in [0.25, 0.3) is 0 Å². The summed E-state index contributed by atoms with van der Waals surface area (Å²) >= 11 is 0. The van der Waals surface area contributed by atoms with Crippen LogP contribution in [0.2, 0.25) is 0 Å². The molecule has 0 radical (unpaired) electrons. The van der Waals surface area contributed by atoms with Gasteiger partial charge < -0.3 is 4.42 Å². The average molecular weight is 499 g/mol. The van der Waals surface area contributed by atoms with Crippen LogP contribution in [0, 0.1) is 0 Å². The van der Waals surface area contributed by atoms with E-state index in [1.165, 1.54) is 16.2 Å². The number of furan rings is 1. The Labute approximate surface area is 225 Å². The number of para-hydroxylation sites is 1. The fourth-order valence-corrected chi connectivity index (χ4v) is 5.59. The van der Waals surface area contributed by atoms with Crippen molar-refractivity contribution < 1.29 is 4.42 Å². The van der Waals surface area contributed by atoms with E-state index >= 15 is 0 Å². The average Bonchev–Trinajstić information content (AvgIpc) is 3.39. The minimum absolute atomic E-state index is 0.714. The number of hydrogen-bond acceptors (Lipinski definition) is 3. The maximum Gasteiger partial charge on any atom is 0.160 e. The third-order valence-electron chi connectivity index (χ3n) is 7.47. The molecule has 3 heteroatoms. The summed E-state index contributed by atoms with van der Waals surface area (Å²) in [5.41, 5.74) is 7.92. The molecule has 0 spiro atoms. The molecule has 6 aromatic carbocycles.